The van der Waals surface area contributed by atoms with Crippen molar-refractivity contribution in [2.24, 2.45) is 5.92 Å². The van der Waals surface area contributed by atoms with Crippen molar-refractivity contribution in [2.45, 2.75) is 44.6 Å². The van der Waals surface area contributed by atoms with Crippen molar-refractivity contribution in [3.05, 3.63) is 29.6 Å². The summed E-state index contributed by atoms with van der Waals surface area (Å²) >= 11 is 3.97. The van der Waals surface area contributed by atoms with Crippen molar-refractivity contribution >= 4 is 18.5 Å². The second-order valence-electron chi connectivity index (χ2n) is 4.79. The number of halogens is 1. The minimum absolute atomic E-state index is 0.112. The van der Waals surface area contributed by atoms with Crippen LogP contribution in [-0.4, -0.2) is 11.9 Å². The molecule has 1 rings (SSSR count). The Balaban J connectivity index is 2.62. The van der Waals surface area contributed by atoms with Crippen molar-refractivity contribution < 1.29 is 9.18 Å². The summed E-state index contributed by atoms with van der Waals surface area (Å²) in [6, 6.07) is 4.29. The first-order valence-electron chi connectivity index (χ1n) is 6.23. The molecule has 4 heteroatoms. The van der Waals surface area contributed by atoms with Crippen LogP contribution < -0.4 is 5.32 Å². The Morgan fingerprint density at radius 2 is 2.11 bits per heavy atom. The number of carbonyl (C=O) groups is 1. The summed E-state index contributed by atoms with van der Waals surface area (Å²) in [6.45, 7) is 6.27. The lowest BCUT2D eigenvalue weighted by molar-refractivity contribution is 0.0935. The minimum Gasteiger partial charge on any atom is -0.350 e. The van der Waals surface area contributed by atoms with Crippen molar-refractivity contribution in [1.29, 1.82) is 0 Å². The largest absolute Gasteiger partial charge is 0.350 e. The van der Waals surface area contributed by atoms with Gasteiger partial charge < -0.3 is 5.32 Å². The van der Waals surface area contributed by atoms with E-state index >= 15 is 0 Å². The maximum Gasteiger partial charge on any atom is 0.251 e. The topological polar surface area (TPSA) is 29.1 Å². The van der Waals surface area contributed by atoms with Gasteiger partial charge in [0.15, 0.2) is 0 Å². The van der Waals surface area contributed by atoms with E-state index < -0.39 is 5.82 Å². The van der Waals surface area contributed by atoms with Crippen LogP contribution in [0, 0.1) is 11.7 Å². The molecule has 1 N–H and O–H groups in total. The SMILES string of the molecule is CCC(C)CC(C)NC(=O)c1ccc(F)c(S)c1. The first-order chi connectivity index (χ1) is 8.43. The second kappa shape index (κ2) is 6.78. The monoisotopic (exact) mass is 269 g/mol. The number of carbonyl (C=O) groups excluding carboxylic acids is 1. The molecule has 0 saturated carbocycles. The summed E-state index contributed by atoms with van der Waals surface area (Å²) in [6.07, 6.45) is 2.04. The second-order valence-corrected chi connectivity index (χ2v) is 5.27. The molecule has 0 bridgehead atoms. The van der Waals surface area contributed by atoms with E-state index in [4.69, 9.17) is 0 Å². The Kier molecular flexibility index (Phi) is 5.66. The fourth-order valence-electron chi connectivity index (χ4n) is 1.79. The fourth-order valence-corrected chi connectivity index (χ4v) is 2.00. The lowest BCUT2D eigenvalue weighted by atomic mass is 10.00. The van der Waals surface area contributed by atoms with Crippen molar-refractivity contribution in [3.8, 4) is 0 Å². The Labute approximate surface area is 113 Å². The van der Waals surface area contributed by atoms with Gasteiger partial charge in [-0.25, -0.2) is 4.39 Å². The van der Waals surface area contributed by atoms with Gasteiger partial charge in [0, 0.05) is 16.5 Å². The number of amides is 1. The molecule has 0 aliphatic rings. The smallest absolute Gasteiger partial charge is 0.251 e. The van der Waals surface area contributed by atoms with E-state index in [0.717, 1.165) is 12.8 Å². The number of nitrogens with one attached hydrogen (secondary N) is 1. The first-order valence-corrected chi connectivity index (χ1v) is 6.68. The van der Waals surface area contributed by atoms with E-state index in [1.54, 1.807) is 0 Å². The van der Waals surface area contributed by atoms with E-state index in [9.17, 15) is 9.18 Å². The molecule has 2 atom stereocenters. The maximum absolute atomic E-state index is 13.0. The van der Waals surface area contributed by atoms with Crippen molar-refractivity contribution in [2.75, 3.05) is 0 Å². The molecule has 2 unspecified atom stereocenters. The Hall–Kier alpha value is -1.03. The van der Waals surface area contributed by atoms with Gasteiger partial charge in [0.05, 0.1) is 0 Å². The van der Waals surface area contributed by atoms with Crippen LogP contribution >= 0.6 is 12.6 Å². The average molecular weight is 269 g/mol. The number of thiol groups is 1. The Bertz CT molecular complexity index is 422. The highest BCUT2D eigenvalue weighted by Crippen LogP contribution is 2.15. The summed E-state index contributed by atoms with van der Waals surface area (Å²) in [5.41, 5.74) is 0.442. The molecule has 100 valence electrons. The molecule has 0 spiro atoms. The third kappa shape index (κ3) is 4.33. The number of rotatable bonds is 5. The van der Waals surface area contributed by atoms with Gasteiger partial charge >= 0.3 is 0 Å². The molecule has 0 heterocycles. The van der Waals surface area contributed by atoms with Crippen LogP contribution in [0.5, 0.6) is 0 Å². The Morgan fingerprint density at radius 3 is 2.67 bits per heavy atom. The van der Waals surface area contributed by atoms with Crippen LogP contribution in [0.1, 0.15) is 44.0 Å². The molecular formula is C14H20FNOS. The van der Waals surface area contributed by atoms with Gasteiger partial charge in [-0.1, -0.05) is 20.3 Å². The minimum atomic E-state index is -0.414. The van der Waals surface area contributed by atoms with Crippen molar-refractivity contribution in [3.63, 3.8) is 0 Å². The van der Waals surface area contributed by atoms with E-state index in [2.05, 4.69) is 31.8 Å². The molecule has 0 aliphatic heterocycles. The Morgan fingerprint density at radius 1 is 1.44 bits per heavy atom. The van der Waals surface area contributed by atoms with Gasteiger partial charge in [-0.05, 0) is 37.5 Å². The van der Waals surface area contributed by atoms with Gasteiger partial charge in [0.1, 0.15) is 5.82 Å². The quantitative estimate of drug-likeness (QED) is 0.785. The molecule has 0 radical (unpaired) electrons. The predicted molar refractivity (Wildman–Crippen MR) is 74.7 cm³/mol. The highest BCUT2D eigenvalue weighted by molar-refractivity contribution is 7.80. The summed E-state index contributed by atoms with van der Waals surface area (Å²) < 4.78 is 13.0. The molecule has 0 fully saturated rings. The lowest BCUT2D eigenvalue weighted by Crippen LogP contribution is -2.33. The van der Waals surface area contributed by atoms with Gasteiger partial charge in [-0.3, -0.25) is 4.79 Å². The average Bonchev–Trinajstić information content (AvgIpc) is 2.32. The van der Waals surface area contributed by atoms with Crippen LogP contribution in [-0.2, 0) is 0 Å². The van der Waals surface area contributed by atoms with Crippen LogP contribution in [0.2, 0.25) is 0 Å². The van der Waals surface area contributed by atoms with Crippen molar-refractivity contribution in [1.82, 2.24) is 5.32 Å². The molecule has 0 aromatic heterocycles. The normalized spacial score (nSPS) is 14.1. The highest BCUT2D eigenvalue weighted by Gasteiger charge is 2.13. The standard InChI is InChI=1S/C14H20FNOS/c1-4-9(2)7-10(3)16-14(17)11-5-6-12(15)13(18)8-11/h5-6,8-10,18H,4,7H2,1-3H3,(H,16,17). The van der Waals surface area contributed by atoms with Crippen LogP contribution in [0.25, 0.3) is 0 Å². The molecule has 0 aliphatic carbocycles. The van der Waals surface area contributed by atoms with E-state index in [1.165, 1.54) is 18.2 Å². The summed E-state index contributed by atoms with van der Waals surface area (Å²) in [5.74, 6) is -0.0161. The van der Waals surface area contributed by atoms with Crippen LogP contribution in [0.4, 0.5) is 4.39 Å². The van der Waals surface area contributed by atoms with Crippen LogP contribution in [0.3, 0.4) is 0 Å². The van der Waals surface area contributed by atoms with Gasteiger partial charge in [0.25, 0.3) is 5.91 Å². The molecular weight excluding hydrogens is 249 g/mol. The number of hydrogen-bond acceptors (Lipinski definition) is 2. The first kappa shape index (κ1) is 15.0. The summed E-state index contributed by atoms with van der Waals surface area (Å²) in [4.78, 5) is 12.1. The zero-order valence-electron chi connectivity index (χ0n) is 11.0. The lowest BCUT2D eigenvalue weighted by Gasteiger charge is -2.17. The third-order valence-corrected chi connectivity index (χ3v) is 3.38. The molecule has 1 aromatic rings. The number of benzene rings is 1. The predicted octanol–water partition coefficient (Wildman–Crippen LogP) is 3.67. The molecule has 1 amide bonds. The van der Waals surface area contributed by atoms with E-state index in [1.807, 2.05) is 6.92 Å². The van der Waals surface area contributed by atoms with E-state index in [0.29, 0.717) is 11.5 Å². The molecule has 2 nitrogen and oxygen atoms in total. The van der Waals surface area contributed by atoms with Gasteiger partial charge in [-0.2, -0.15) is 0 Å². The molecule has 0 saturated heterocycles. The fraction of sp³-hybridized carbons (Fsp3) is 0.500. The van der Waals surface area contributed by atoms with Gasteiger partial charge in [0.2, 0.25) is 0 Å². The third-order valence-electron chi connectivity index (χ3n) is 3.04. The zero-order chi connectivity index (χ0) is 13.7. The highest BCUT2D eigenvalue weighted by atomic mass is 32.1. The maximum atomic E-state index is 13.0. The zero-order valence-corrected chi connectivity index (χ0v) is 11.9. The molecule has 18 heavy (non-hydrogen) atoms. The summed E-state index contributed by atoms with van der Waals surface area (Å²) in [5, 5.41) is 2.91. The number of hydrogen-bond donors (Lipinski definition) is 2. The van der Waals surface area contributed by atoms with Gasteiger partial charge in [-0.15, -0.1) is 12.6 Å². The van der Waals surface area contributed by atoms with E-state index in [-0.39, 0.29) is 16.8 Å². The summed E-state index contributed by atoms with van der Waals surface area (Å²) in [7, 11) is 0. The molecule has 1 aromatic carbocycles. The van der Waals surface area contributed by atoms with Crippen LogP contribution in [0.15, 0.2) is 23.1 Å².